The molecule has 2 rings (SSSR count). The maximum Gasteiger partial charge on any atom is 0.0633 e. The van der Waals surface area contributed by atoms with Crippen LogP contribution >= 0.6 is 0 Å². The molecule has 0 radical (unpaired) electrons. The summed E-state index contributed by atoms with van der Waals surface area (Å²) in [4.78, 5) is 4.43. The summed E-state index contributed by atoms with van der Waals surface area (Å²) in [5.74, 6) is 0. The monoisotopic (exact) mass is 183 g/mol. The fraction of sp³-hybridized carbons (Fsp3) is 0.154. The lowest BCUT2D eigenvalue weighted by Gasteiger charge is -2.04. The van der Waals surface area contributed by atoms with Gasteiger partial charge in [0.25, 0.3) is 0 Å². The van der Waals surface area contributed by atoms with Crippen LogP contribution in [0.1, 0.15) is 17.0 Å². The molecule has 1 heterocycles. The minimum absolute atomic E-state index is 0.945. The van der Waals surface area contributed by atoms with E-state index in [-0.39, 0.29) is 0 Å². The van der Waals surface area contributed by atoms with Gasteiger partial charge in [-0.05, 0) is 31.4 Å². The third kappa shape index (κ3) is 1.41. The van der Waals surface area contributed by atoms with Gasteiger partial charge in [-0.2, -0.15) is 0 Å². The van der Waals surface area contributed by atoms with Crippen LogP contribution in [-0.2, 0) is 0 Å². The molecule has 0 aliphatic rings. The number of fused-ring (bicyclic) bond motifs is 1. The van der Waals surface area contributed by atoms with E-state index in [1.165, 1.54) is 16.3 Å². The molecule has 14 heavy (non-hydrogen) atoms. The number of benzene rings is 1. The molecule has 1 aromatic heterocycles. The van der Waals surface area contributed by atoms with Crippen molar-refractivity contribution in [3.63, 3.8) is 0 Å². The molecule has 1 nitrogen and oxygen atoms in total. The van der Waals surface area contributed by atoms with Crippen molar-refractivity contribution in [3.05, 3.63) is 47.8 Å². The van der Waals surface area contributed by atoms with Crippen LogP contribution in [0.5, 0.6) is 0 Å². The van der Waals surface area contributed by atoms with Crippen LogP contribution in [0.25, 0.3) is 16.8 Å². The first-order valence-electron chi connectivity index (χ1n) is 4.71. The van der Waals surface area contributed by atoms with E-state index in [0.29, 0.717) is 0 Å². The number of rotatable bonds is 1. The fourth-order valence-electron chi connectivity index (χ4n) is 1.68. The minimum Gasteiger partial charge on any atom is -0.253 e. The zero-order valence-corrected chi connectivity index (χ0v) is 8.54. The average molecular weight is 183 g/mol. The van der Waals surface area contributed by atoms with E-state index in [1.807, 2.05) is 6.92 Å². The quantitative estimate of drug-likeness (QED) is 0.659. The third-order valence-electron chi connectivity index (χ3n) is 2.41. The number of aryl methyl sites for hydroxylation is 2. The Hall–Kier alpha value is -1.63. The summed E-state index contributed by atoms with van der Waals surface area (Å²) in [5, 5.41) is 2.47. The molecule has 0 aliphatic heterocycles. The lowest BCUT2D eigenvalue weighted by Crippen LogP contribution is -1.88. The van der Waals surface area contributed by atoms with Gasteiger partial charge in [-0.1, -0.05) is 30.3 Å². The molecule has 0 atom stereocenters. The van der Waals surface area contributed by atoms with Crippen molar-refractivity contribution in [2.45, 2.75) is 13.8 Å². The van der Waals surface area contributed by atoms with Crippen LogP contribution in [0, 0.1) is 13.8 Å². The molecule has 0 saturated carbocycles. The zero-order chi connectivity index (χ0) is 10.1. The smallest absolute Gasteiger partial charge is 0.0633 e. The van der Waals surface area contributed by atoms with Crippen molar-refractivity contribution < 1.29 is 0 Å². The molecule has 1 heteroatoms. The summed E-state index contributed by atoms with van der Waals surface area (Å²) in [7, 11) is 0. The molecule has 0 spiro atoms. The van der Waals surface area contributed by atoms with Gasteiger partial charge in [-0.25, -0.2) is 0 Å². The Bertz CT molecular complexity index is 498. The van der Waals surface area contributed by atoms with Gasteiger partial charge in [-0.15, -0.1) is 0 Å². The van der Waals surface area contributed by atoms with Crippen molar-refractivity contribution >= 4 is 16.8 Å². The topological polar surface area (TPSA) is 12.9 Å². The first-order chi connectivity index (χ1) is 6.70. The normalized spacial score (nSPS) is 10.4. The second kappa shape index (κ2) is 3.26. The summed E-state index contributed by atoms with van der Waals surface area (Å²) >= 11 is 0. The molecule has 70 valence electrons. The number of hydrogen-bond donors (Lipinski definition) is 0. The Morgan fingerprint density at radius 3 is 2.71 bits per heavy atom. The maximum atomic E-state index is 4.43. The summed E-state index contributed by atoms with van der Waals surface area (Å²) in [5.41, 5.74) is 3.29. The highest BCUT2D eigenvalue weighted by atomic mass is 14.7. The Morgan fingerprint density at radius 1 is 1.21 bits per heavy atom. The summed E-state index contributed by atoms with van der Waals surface area (Å²) < 4.78 is 0. The predicted octanol–water partition coefficient (Wildman–Crippen LogP) is 3.49. The molecule has 0 bridgehead atoms. The molecule has 0 fully saturated rings. The van der Waals surface area contributed by atoms with Gasteiger partial charge < -0.3 is 0 Å². The number of hydrogen-bond acceptors (Lipinski definition) is 1. The summed E-state index contributed by atoms with van der Waals surface area (Å²) in [6.07, 6.45) is 1.79. The van der Waals surface area contributed by atoms with Gasteiger partial charge in [0.05, 0.1) is 5.69 Å². The van der Waals surface area contributed by atoms with E-state index < -0.39 is 0 Å². The fourth-order valence-corrected chi connectivity index (χ4v) is 1.68. The molecule has 0 amide bonds. The lowest BCUT2D eigenvalue weighted by atomic mass is 10.1. The van der Waals surface area contributed by atoms with Crippen LogP contribution in [0.3, 0.4) is 0 Å². The third-order valence-corrected chi connectivity index (χ3v) is 2.41. The molecule has 2 aromatic rings. The highest BCUT2D eigenvalue weighted by Gasteiger charge is 2.00. The second-order valence-electron chi connectivity index (χ2n) is 3.56. The van der Waals surface area contributed by atoms with Crippen LogP contribution in [-0.4, -0.2) is 4.98 Å². The van der Waals surface area contributed by atoms with Crippen LogP contribution in [0.2, 0.25) is 0 Å². The first kappa shape index (κ1) is 8.95. The van der Waals surface area contributed by atoms with E-state index in [2.05, 4.69) is 42.8 Å². The van der Waals surface area contributed by atoms with Gasteiger partial charge in [0.1, 0.15) is 0 Å². The molecular formula is C13H13N. The van der Waals surface area contributed by atoms with Crippen molar-refractivity contribution in [2.75, 3.05) is 0 Å². The number of aromatic nitrogens is 1. The minimum atomic E-state index is 0.945. The molecule has 0 unspecified atom stereocenters. The van der Waals surface area contributed by atoms with E-state index in [4.69, 9.17) is 0 Å². The van der Waals surface area contributed by atoms with Gasteiger partial charge in [0.15, 0.2) is 0 Å². The van der Waals surface area contributed by atoms with Gasteiger partial charge in [-0.3, -0.25) is 4.98 Å². The van der Waals surface area contributed by atoms with E-state index >= 15 is 0 Å². The standard InChI is InChI=1S/C13H13N/c1-4-12-8-11-7-9(2)5-6-13(11)10(3)14-12/h4-8H,1H2,2-3H3. The largest absolute Gasteiger partial charge is 0.253 e. The summed E-state index contributed by atoms with van der Waals surface area (Å²) in [6.45, 7) is 7.87. The highest BCUT2D eigenvalue weighted by Crippen LogP contribution is 2.19. The van der Waals surface area contributed by atoms with Crippen LogP contribution in [0.15, 0.2) is 30.8 Å². The Balaban J connectivity index is 2.83. The number of nitrogens with zero attached hydrogens (tertiary/aromatic N) is 1. The van der Waals surface area contributed by atoms with Crippen molar-refractivity contribution in [2.24, 2.45) is 0 Å². The lowest BCUT2D eigenvalue weighted by molar-refractivity contribution is 1.21. The van der Waals surface area contributed by atoms with Crippen LogP contribution in [0.4, 0.5) is 0 Å². The van der Waals surface area contributed by atoms with Crippen molar-refractivity contribution in [3.8, 4) is 0 Å². The van der Waals surface area contributed by atoms with E-state index in [9.17, 15) is 0 Å². The first-order valence-corrected chi connectivity index (χ1v) is 4.71. The Kier molecular flexibility index (Phi) is 2.08. The Labute approximate surface area is 84.1 Å². The van der Waals surface area contributed by atoms with Crippen LogP contribution < -0.4 is 0 Å². The Morgan fingerprint density at radius 2 is 2.00 bits per heavy atom. The molecule has 0 saturated heterocycles. The molecule has 1 aromatic carbocycles. The zero-order valence-electron chi connectivity index (χ0n) is 8.54. The molecule has 0 N–H and O–H groups in total. The van der Waals surface area contributed by atoms with Gasteiger partial charge in [0, 0.05) is 11.1 Å². The molecule has 0 aliphatic carbocycles. The highest BCUT2D eigenvalue weighted by molar-refractivity contribution is 5.86. The van der Waals surface area contributed by atoms with Gasteiger partial charge >= 0.3 is 0 Å². The number of pyridine rings is 1. The SMILES string of the molecule is C=Cc1cc2cc(C)ccc2c(C)n1. The molecular weight excluding hydrogens is 170 g/mol. The predicted molar refractivity (Wildman–Crippen MR) is 61.3 cm³/mol. The van der Waals surface area contributed by atoms with Crippen molar-refractivity contribution in [1.29, 1.82) is 0 Å². The average Bonchev–Trinajstić information content (AvgIpc) is 2.16. The van der Waals surface area contributed by atoms with Crippen molar-refractivity contribution in [1.82, 2.24) is 4.98 Å². The van der Waals surface area contributed by atoms with Gasteiger partial charge in [0.2, 0.25) is 0 Å². The van der Waals surface area contributed by atoms with E-state index in [1.54, 1.807) is 6.08 Å². The van der Waals surface area contributed by atoms with E-state index in [0.717, 1.165) is 11.4 Å². The summed E-state index contributed by atoms with van der Waals surface area (Å²) in [6, 6.07) is 8.49. The maximum absolute atomic E-state index is 4.43. The second-order valence-corrected chi connectivity index (χ2v) is 3.56.